The first-order chi connectivity index (χ1) is 7.58. The Kier molecular flexibility index (Phi) is 3.91. The van der Waals surface area contributed by atoms with Crippen molar-refractivity contribution in [2.75, 3.05) is 26.7 Å². The minimum Gasteiger partial charge on any atom is -0.313 e. The average Bonchev–Trinajstić information content (AvgIpc) is 2.62. The molecule has 0 bridgehead atoms. The van der Waals surface area contributed by atoms with E-state index in [0.717, 1.165) is 12.0 Å². The van der Waals surface area contributed by atoms with Gasteiger partial charge >= 0.3 is 0 Å². The predicted molar refractivity (Wildman–Crippen MR) is 69.6 cm³/mol. The van der Waals surface area contributed by atoms with Crippen LogP contribution in [-0.4, -0.2) is 37.6 Å². The highest BCUT2D eigenvalue weighted by molar-refractivity contribution is 4.89. The number of hydrogen-bond acceptors (Lipinski definition) is 2. The molecule has 0 spiro atoms. The van der Waals surface area contributed by atoms with Gasteiger partial charge in [0.15, 0.2) is 0 Å². The minimum atomic E-state index is 0.517. The maximum Gasteiger partial charge on any atom is 0.0118 e. The Balaban J connectivity index is 1.76. The number of rotatable bonds is 3. The molecule has 0 aromatic heterocycles. The van der Waals surface area contributed by atoms with Crippen molar-refractivity contribution in [2.24, 2.45) is 11.3 Å². The third-order valence-corrected chi connectivity index (χ3v) is 4.65. The van der Waals surface area contributed by atoms with Gasteiger partial charge in [-0.2, -0.15) is 0 Å². The Morgan fingerprint density at radius 2 is 2.06 bits per heavy atom. The molecule has 2 unspecified atom stereocenters. The standard InChI is InChI=1S/C14H28N2/c1-14(2)8-5-4-6-13(14)15-10-12-7-9-16(3)11-12/h12-13,15H,4-11H2,1-3H3. The van der Waals surface area contributed by atoms with Crippen LogP contribution in [0.1, 0.15) is 46.0 Å². The van der Waals surface area contributed by atoms with Gasteiger partial charge in [-0.1, -0.05) is 26.7 Å². The predicted octanol–water partition coefficient (Wildman–Crippen LogP) is 2.50. The summed E-state index contributed by atoms with van der Waals surface area (Å²) in [5.41, 5.74) is 0.517. The number of nitrogens with one attached hydrogen (secondary N) is 1. The number of hydrogen-bond donors (Lipinski definition) is 1. The molecular weight excluding hydrogens is 196 g/mol. The van der Waals surface area contributed by atoms with Crippen molar-refractivity contribution in [3.8, 4) is 0 Å². The van der Waals surface area contributed by atoms with Crippen molar-refractivity contribution in [1.29, 1.82) is 0 Å². The summed E-state index contributed by atoms with van der Waals surface area (Å²) in [4.78, 5) is 2.46. The summed E-state index contributed by atoms with van der Waals surface area (Å²) >= 11 is 0. The highest BCUT2D eigenvalue weighted by Gasteiger charge is 2.32. The summed E-state index contributed by atoms with van der Waals surface area (Å²) in [5, 5.41) is 3.85. The molecule has 0 radical (unpaired) electrons. The van der Waals surface area contributed by atoms with Crippen LogP contribution in [0.15, 0.2) is 0 Å². The summed E-state index contributed by atoms with van der Waals surface area (Å²) in [6, 6.07) is 0.757. The third kappa shape index (κ3) is 2.98. The first kappa shape index (κ1) is 12.4. The van der Waals surface area contributed by atoms with E-state index in [1.54, 1.807) is 0 Å². The van der Waals surface area contributed by atoms with Gasteiger partial charge in [0.1, 0.15) is 0 Å². The highest BCUT2D eigenvalue weighted by Crippen LogP contribution is 2.35. The molecule has 2 atom stereocenters. The monoisotopic (exact) mass is 224 g/mol. The molecule has 2 aliphatic rings. The second-order valence-corrected chi connectivity index (χ2v) is 6.61. The molecule has 1 aliphatic heterocycles. The van der Waals surface area contributed by atoms with Crippen LogP contribution < -0.4 is 5.32 Å². The molecule has 1 saturated heterocycles. The summed E-state index contributed by atoms with van der Waals surface area (Å²) in [5.74, 6) is 0.891. The van der Waals surface area contributed by atoms with Gasteiger partial charge in [0, 0.05) is 12.6 Å². The molecule has 2 heteroatoms. The lowest BCUT2D eigenvalue weighted by atomic mass is 9.73. The third-order valence-electron chi connectivity index (χ3n) is 4.65. The van der Waals surface area contributed by atoms with E-state index >= 15 is 0 Å². The van der Waals surface area contributed by atoms with Crippen LogP contribution in [0.4, 0.5) is 0 Å². The van der Waals surface area contributed by atoms with E-state index in [0.29, 0.717) is 5.41 Å². The lowest BCUT2D eigenvalue weighted by Gasteiger charge is -2.39. The van der Waals surface area contributed by atoms with E-state index in [2.05, 4.69) is 31.1 Å². The second-order valence-electron chi connectivity index (χ2n) is 6.61. The zero-order chi connectivity index (χ0) is 11.6. The van der Waals surface area contributed by atoms with Crippen LogP contribution in [0, 0.1) is 11.3 Å². The van der Waals surface area contributed by atoms with Crippen molar-refractivity contribution in [1.82, 2.24) is 10.2 Å². The SMILES string of the molecule is CN1CCC(CNC2CCCCC2(C)C)C1. The van der Waals surface area contributed by atoms with Gasteiger partial charge in [-0.25, -0.2) is 0 Å². The van der Waals surface area contributed by atoms with Gasteiger partial charge < -0.3 is 10.2 Å². The fourth-order valence-corrected chi connectivity index (χ4v) is 3.37. The van der Waals surface area contributed by atoms with E-state index in [1.165, 1.54) is 51.7 Å². The number of nitrogens with zero attached hydrogens (tertiary/aromatic N) is 1. The van der Waals surface area contributed by atoms with Gasteiger partial charge in [-0.05, 0) is 50.7 Å². The topological polar surface area (TPSA) is 15.3 Å². The van der Waals surface area contributed by atoms with E-state index in [9.17, 15) is 0 Å². The molecule has 0 aromatic rings. The van der Waals surface area contributed by atoms with Crippen LogP contribution in [0.5, 0.6) is 0 Å². The summed E-state index contributed by atoms with van der Waals surface area (Å²) in [6.45, 7) is 8.69. The Morgan fingerprint density at radius 1 is 1.25 bits per heavy atom. The van der Waals surface area contributed by atoms with E-state index in [1.807, 2.05) is 0 Å². The molecule has 0 amide bonds. The van der Waals surface area contributed by atoms with Crippen molar-refractivity contribution in [3.05, 3.63) is 0 Å². The Bertz CT molecular complexity index is 225. The first-order valence-corrected chi connectivity index (χ1v) is 7.00. The average molecular weight is 224 g/mol. The Morgan fingerprint density at radius 3 is 2.69 bits per heavy atom. The molecule has 2 fully saturated rings. The zero-order valence-corrected chi connectivity index (χ0v) is 11.3. The largest absolute Gasteiger partial charge is 0.313 e. The quantitative estimate of drug-likeness (QED) is 0.792. The van der Waals surface area contributed by atoms with Crippen LogP contribution in [0.3, 0.4) is 0 Å². The van der Waals surface area contributed by atoms with Crippen LogP contribution in [-0.2, 0) is 0 Å². The van der Waals surface area contributed by atoms with Crippen molar-refractivity contribution in [2.45, 2.75) is 52.0 Å². The number of likely N-dealkylation sites (tertiary alicyclic amines) is 1. The molecule has 1 N–H and O–H groups in total. The molecule has 16 heavy (non-hydrogen) atoms. The fourth-order valence-electron chi connectivity index (χ4n) is 3.37. The Labute approximate surface area is 101 Å². The van der Waals surface area contributed by atoms with E-state index in [-0.39, 0.29) is 0 Å². The van der Waals surface area contributed by atoms with E-state index < -0.39 is 0 Å². The molecule has 1 heterocycles. The smallest absolute Gasteiger partial charge is 0.0118 e. The van der Waals surface area contributed by atoms with Gasteiger partial charge in [0.05, 0.1) is 0 Å². The maximum absolute atomic E-state index is 3.85. The first-order valence-electron chi connectivity index (χ1n) is 7.00. The normalized spacial score (nSPS) is 35.4. The van der Waals surface area contributed by atoms with Crippen LogP contribution in [0.25, 0.3) is 0 Å². The molecular formula is C14H28N2. The summed E-state index contributed by atoms with van der Waals surface area (Å²) in [7, 11) is 2.24. The van der Waals surface area contributed by atoms with Crippen LogP contribution in [0.2, 0.25) is 0 Å². The molecule has 2 nitrogen and oxygen atoms in total. The fraction of sp³-hybridized carbons (Fsp3) is 1.00. The molecule has 0 aromatic carbocycles. The second kappa shape index (κ2) is 5.05. The van der Waals surface area contributed by atoms with Gasteiger partial charge in [0.2, 0.25) is 0 Å². The molecule has 2 rings (SSSR count). The highest BCUT2D eigenvalue weighted by atomic mass is 15.1. The van der Waals surface area contributed by atoms with Gasteiger partial charge in [-0.3, -0.25) is 0 Å². The summed E-state index contributed by atoms with van der Waals surface area (Å²) in [6.07, 6.45) is 7.02. The Hall–Kier alpha value is -0.0800. The lowest BCUT2D eigenvalue weighted by molar-refractivity contribution is 0.163. The van der Waals surface area contributed by atoms with E-state index in [4.69, 9.17) is 0 Å². The maximum atomic E-state index is 3.85. The van der Waals surface area contributed by atoms with Gasteiger partial charge in [-0.15, -0.1) is 0 Å². The van der Waals surface area contributed by atoms with Crippen molar-refractivity contribution in [3.63, 3.8) is 0 Å². The van der Waals surface area contributed by atoms with Crippen LogP contribution >= 0.6 is 0 Å². The van der Waals surface area contributed by atoms with Crippen molar-refractivity contribution < 1.29 is 0 Å². The van der Waals surface area contributed by atoms with Gasteiger partial charge in [0.25, 0.3) is 0 Å². The molecule has 1 saturated carbocycles. The van der Waals surface area contributed by atoms with Crippen molar-refractivity contribution >= 4 is 0 Å². The molecule has 94 valence electrons. The minimum absolute atomic E-state index is 0.517. The molecule has 1 aliphatic carbocycles. The lowest BCUT2D eigenvalue weighted by Crippen LogP contribution is -2.46. The zero-order valence-electron chi connectivity index (χ0n) is 11.3. The summed E-state index contributed by atoms with van der Waals surface area (Å²) < 4.78 is 0.